The number of unbranched alkanes of at least 4 members (excludes halogenated alkanes) is 12. The molecule has 0 aliphatic rings. The molecular formula is C30H66O7. The standard InChI is InChI=1S/C22H42O3.4C2H6O/c1-2-3-4-5-6-7-8-9-10-11-12-13-14-15-16-17-18-21(20-23)19-22(24)25;4*1-2-3/h9-10,21,23H,2-8,11-20H2,1H3,(H,24,25);4*3H,2H2,1H3/b10-9-;;;;. The molecule has 0 bridgehead atoms. The lowest BCUT2D eigenvalue weighted by molar-refractivity contribution is -0.138. The van der Waals surface area contributed by atoms with Gasteiger partial charge in [-0.25, -0.2) is 0 Å². The highest BCUT2D eigenvalue weighted by molar-refractivity contribution is 5.67. The van der Waals surface area contributed by atoms with Crippen LogP contribution in [-0.2, 0) is 4.79 Å². The Morgan fingerprint density at radius 1 is 0.568 bits per heavy atom. The van der Waals surface area contributed by atoms with Crippen molar-refractivity contribution in [2.45, 2.75) is 137 Å². The highest BCUT2D eigenvalue weighted by Gasteiger charge is 2.11. The molecule has 0 heterocycles. The third-order valence-corrected chi connectivity index (χ3v) is 4.85. The molecule has 1 atom stereocenters. The predicted octanol–water partition coefficient (Wildman–Crippen LogP) is 6.49. The van der Waals surface area contributed by atoms with Gasteiger partial charge in [-0.05, 0) is 65.7 Å². The molecule has 0 aliphatic carbocycles. The molecule has 0 aromatic rings. The summed E-state index contributed by atoms with van der Waals surface area (Å²) < 4.78 is 0. The van der Waals surface area contributed by atoms with E-state index >= 15 is 0 Å². The van der Waals surface area contributed by atoms with E-state index < -0.39 is 5.97 Å². The summed E-state index contributed by atoms with van der Waals surface area (Å²) in [6.07, 6.45) is 23.6. The molecule has 0 fully saturated rings. The van der Waals surface area contributed by atoms with Crippen molar-refractivity contribution in [2.75, 3.05) is 33.0 Å². The molecule has 6 N–H and O–H groups in total. The Hall–Kier alpha value is -0.990. The van der Waals surface area contributed by atoms with E-state index in [1.807, 2.05) is 0 Å². The second kappa shape index (κ2) is 51.6. The average molecular weight is 539 g/mol. The van der Waals surface area contributed by atoms with Crippen molar-refractivity contribution in [3.63, 3.8) is 0 Å². The first kappa shape index (κ1) is 45.9. The lowest BCUT2D eigenvalue weighted by Gasteiger charge is -2.10. The van der Waals surface area contributed by atoms with Crippen molar-refractivity contribution in [2.24, 2.45) is 5.92 Å². The van der Waals surface area contributed by atoms with Gasteiger partial charge in [0.25, 0.3) is 0 Å². The van der Waals surface area contributed by atoms with Gasteiger partial charge < -0.3 is 30.6 Å². The smallest absolute Gasteiger partial charge is 0.303 e. The Morgan fingerprint density at radius 2 is 0.892 bits per heavy atom. The first-order valence-electron chi connectivity index (χ1n) is 14.8. The maximum atomic E-state index is 10.6. The number of hydrogen-bond donors (Lipinski definition) is 6. The summed E-state index contributed by atoms with van der Waals surface area (Å²) in [6, 6.07) is 0. The first-order valence-corrected chi connectivity index (χ1v) is 14.8. The number of carbonyl (C=O) groups is 1. The van der Waals surface area contributed by atoms with Gasteiger partial charge in [0.1, 0.15) is 0 Å². The molecule has 0 rings (SSSR count). The molecular weight excluding hydrogens is 472 g/mol. The number of allylic oxidation sites excluding steroid dienone is 2. The SMILES string of the molecule is CCCCCCCC/C=C\CCCCCCCCC(CO)CC(=O)O.CCO.CCO.CCO.CCO. The Labute approximate surface area is 230 Å². The van der Waals surface area contributed by atoms with E-state index in [1.54, 1.807) is 27.7 Å². The second-order valence-electron chi connectivity index (χ2n) is 8.64. The molecule has 0 aliphatic heterocycles. The zero-order chi connectivity index (χ0) is 29.4. The fourth-order valence-electron chi connectivity index (χ4n) is 3.19. The Kier molecular flexibility index (Phi) is 64.0. The quantitative estimate of drug-likeness (QED) is 0.0816. The van der Waals surface area contributed by atoms with Crippen molar-refractivity contribution < 1.29 is 35.4 Å². The van der Waals surface area contributed by atoms with Crippen LogP contribution in [0.2, 0.25) is 0 Å². The van der Waals surface area contributed by atoms with Crippen LogP contribution in [0.5, 0.6) is 0 Å². The van der Waals surface area contributed by atoms with Gasteiger partial charge in [-0.3, -0.25) is 4.79 Å². The molecule has 0 amide bonds. The predicted molar refractivity (Wildman–Crippen MR) is 158 cm³/mol. The van der Waals surface area contributed by atoms with Crippen LogP contribution in [0.1, 0.15) is 137 Å². The van der Waals surface area contributed by atoms with E-state index in [4.69, 9.17) is 30.6 Å². The minimum Gasteiger partial charge on any atom is -0.481 e. The Morgan fingerprint density at radius 3 is 1.22 bits per heavy atom. The van der Waals surface area contributed by atoms with Crippen LogP contribution in [-0.4, -0.2) is 69.6 Å². The number of carboxylic acid groups (broad SMARTS) is 1. The van der Waals surface area contributed by atoms with Gasteiger partial charge in [0.05, 0.1) is 6.42 Å². The Bertz CT molecular complexity index is 369. The van der Waals surface area contributed by atoms with Crippen LogP contribution in [0.4, 0.5) is 0 Å². The summed E-state index contributed by atoms with van der Waals surface area (Å²) in [4.78, 5) is 10.6. The van der Waals surface area contributed by atoms with Crippen LogP contribution in [0.15, 0.2) is 12.2 Å². The molecule has 7 heteroatoms. The summed E-state index contributed by atoms with van der Waals surface area (Å²) in [5, 5.41) is 48.1. The number of aliphatic hydroxyl groups is 5. The average Bonchev–Trinajstić information content (AvgIpc) is 2.85. The minimum atomic E-state index is -0.802. The van der Waals surface area contributed by atoms with E-state index in [0.29, 0.717) is 0 Å². The summed E-state index contributed by atoms with van der Waals surface area (Å²) in [5.41, 5.74) is 0. The largest absolute Gasteiger partial charge is 0.481 e. The second-order valence-corrected chi connectivity index (χ2v) is 8.64. The molecule has 0 spiro atoms. The van der Waals surface area contributed by atoms with Crippen molar-refractivity contribution >= 4 is 5.97 Å². The van der Waals surface area contributed by atoms with Gasteiger partial charge in [0, 0.05) is 33.0 Å². The van der Waals surface area contributed by atoms with Gasteiger partial charge in [-0.2, -0.15) is 0 Å². The van der Waals surface area contributed by atoms with Crippen molar-refractivity contribution in [3.8, 4) is 0 Å². The van der Waals surface area contributed by atoms with E-state index in [9.17, 15) is 4.79 Å². The zero-order valence-corrected chi connectivity index (χ0v) is 25.2. The van der Waals surface area contributed by atoms with Crippen molar-refractivity contribution in [3.05, 3.63) is 12.2 Å². The van der Waals surface area contributed by atoms with Crippen LogP contribution >= 0.6 is 0 Å². The van der Waals surface area contributed by atoms with E-state index in [2.05, 4.69) is 19.1 Å². The number of aliphatic hydroxyl groups excluding tert-OH is 5. The molecule has 228 valence electrons. The van der Waals surface area contributed by atoms with Gasteiger partial charge in [-0.1, -0.05) is 83.3 Å². The molecule has 0 saturated carbocycles. The summed E-state index contributed by atoms with van der Waals surface area (Å²) in [7, 11) is 0. The lowest BCUT2D eigenvalue weighted by atomic mass is 9.98. The van der Waals surface area contributed by atoms with Crippen LogP contribution in [0.25, 0.3) is 0 Å². The molecule has 37 heavy (non-hydrogen) atoms. The normalized spacial score (nSPS) is 10.5. The van der Waals surface area contributed by atoms with E-state index in [0.717, 1.165) is 19.3 Å². The topological polar surface area (TPSA) is 138 Å². The third-order valence-electron chi connectivity index (χ3n) is 4.85. The highest BCUT2D eigenvalue weighted by Crippen LogP contribution is 2.15. The maximum absolute atomic E-state index is 10.6. The molecule has 7 nitrogen and oxygen atoms in total. The summed E-state index contributed by atoms with van der Waals surface area (Å²) >= 11 is 0. The van der Waals surface area contributed by atoms with Gasteiger partial charge in [-0.15, -0.1) is 0 Å². The maximum Gasteiger partial charge on any atom is 0.303 e. The zero-order valence-electron chi connectivity index (χ0n) is 25.2. The van der Waals surface area contributed by atoms with Gasteiger partial charge in [0.15, 0.2) is 0 Å². The summed E-state index contributed by atoms with van der Waals surface area (Å²) in [5.74, 6) is -0.863. The van der Waals surface area contributed by atoms with Crippen LogP contribution in [0.3, 0.4) is 0 Å². The van der Waals surface area contributed by atoms with E-state index in [1.165, 1.54) is 77.0 Å². The molecule has 0 radical (unpaired) electrons. The highest BCUT2D eigenvalue weighted by atomic mass is 16.4. The van der Waals surface area contributed by atoms with Crippen LogP contribution in [0, 0.1) is 5.92 Å². The number of hydrogen-bond acceptors (Lipinski definition) is 6. The number of carboxylic acids is 1. The Balaban J connectivity index is -0.000000238. The van der Waals surface area contributed by atoms with E-state index in [-0.39, 0.29) is 45.4 Å². The molecule has 0 saturated heterocycles. The fourth-order valence-corrected chi connectivity index (χ4v) is 3.19. The van der Waals surface area contributed by atoms with Crippen molar-refractivity contribution in [1.29, 1.82) is 0 Å². The molecule has 1 unspecified atom stereocenters. The van der Waals surface area contributed by atoms with Gasteiger partial charge >= 0.3 is 5.97 Å². The summed E-state index contributed by atoms with van der Waals surface area (Å²) in [6.45, 7) is 9.98. The monoisotopic (exact) mass is 538 g/mol. The van der Waals surface area contributed by atoms with Gasteiger partial charge in [0.2, 0.25) is 0 Å². The molecule has 0 aromatic carbocycles. The lowest BCUT2D eigenvalue weighted by Crippen LogP contribution is -2.11. The number of rotatable bonds is 19. The third kappa shape index (κ3) is 72.1. The minimum absolute atomic E-state index is 0.00260. The van der Waals surface area contributed by atoms with Crippen LogP contribution < -0.4 is 0 Å². The van der Waals surface area contributed by atoms with Crippen molar-refractivity contribution in [1.82, 2.24) is 0 Å². The fraction of sp³-hybridized carbons (Fsp3) is 0.900. The first-order chi connectivity index (χ1) is 17.9. The molecule has 0 aromatic heterocycles. The number of aliphatic carboxylic acids is 1.